The molecule has 1 fully saturated rings. The maximum absolute atomic E-state index is 5.93. The van der Waals surface area contributed by atoms with E-state index in [0.29, 0.717) is 11.4 Å². The molecule has 2 aromatic heterocycles. The first-order chi connectivity index (χ1) is 9.98. The smallest absolute Gasteiger partial charge is 0.223 e. The van der Waals surface area contributed by atoms with Crippen LogP contribution in [0.1, 0.15) is 44.9 Å². The van der Waals surface area contributed by atoms with E-state index in [1.165, 1.54) is 29.5 Å². The zero-order valence-electron chi connectivity index (χ0n) is 13.1. The fourth-order valence-electron chi connectivity index (χ4n) is 3.02. The zero-order chi connectivity index (χ0) is 15.0. The minimum atomic E-state index is 0.394. The van der Waals surface area contributed by atoms with Crippen LogP contribution in [0, 0.1) is 5.41 Å². The number of hydrogen-bond donors (Lipinski definition) is 1. The Morgan fingerprint density at radius 3 is 2.86 bits per heavy atom. The van der Waals surface area contributed by atoms with Gasteiger partial charge in [0.15, 0.2) is 0 Å². The van der Waals surface area contributed by atoms with Gasteiger partial charge in [0.2, 0.25) is 5.95 Å². The van der Waals surface area contributed by atoms with Crippen LogP contribution in [0.2, 0.25) is 0 Å². The molecular formula is C16H24N4S. The molecular weight excluding hydrogens is 280 g/mol. The van der Waals surface area contributed by atoms with Crippen molar-refractivity contribution in [2.24, 2.45) is 5.41 Å². The summed E-state index contributed by atoms with van der Waals surface area (Å²) in [5, 5.41) is 1.17. The molecule has 0 saturated carbocycles. The molecule has 0 amide bonds. The number of aryl methyl sites for hydroxylation is 1. The van der Waals surface area contributed by atoms with Crippen molar-refractivity contribution in [2.45, 2.75) is 46.5 Å². The number of hydrogen-bond acceptors (Lipinski definition) is 5. The summed E-state index contributed by atoms with van der Waals surface area (Å²) in [5.74, 6) is 1.43. The van der Waals surface area contributed by atoms with Crippen molar-refractivity contribution in [3.8, 4) is 0 Å². The van der Waals surface area contributed by atoms with Gasteiger partial charge in [-0.15, -0.1) is 11.3 Å². The number of nitrogen functional groups attached to an aromatic ring is 1. The second-order valence-corrected chi connectivity index (χ2v) is 7.81. The predicted molar refractivity (Wildman–Crippen MR) is 91.1 cm³/mol. The van der Waals surface area contributed by atoms with Gasteiger partial charge in [0, 0.05) is 18.0 Å². The van der Waals surface area contributed by atoms with Crippen LogP contribution in [0.15, 0.2) is 6.07 Å². The summed E-state index contributed by atoms with van der Waals surface area (Å²) in [6.07, 6.45) is 4.72. The summed E-state index contributed by atoms with van der Waals surface area (Å²) in [4.78, 5) is 13.7. The number of nitrogens with two attached hydrogens (primary N) is 1. The van der Waals surface area contributed by atoms with Crippen molar-refractivity contribution in [1.82, 2.24) is 9.97 Å². The van der Waals surface area contributed by atoms with Gasteiger partial charge in [0.1, 0.15) is 10.6 Å². The molecule has 3 rings (SSSR count). The highest BCUT2D eigenvalue weighted by Crippen LogP contribution is 2.35. The fourth-order valence-corrected chi connectivity index (χ4v) is 3.99. The summed E-state index contributed by atoms with van der Waals surface area (Å²) in [6, 6.07) is 2.24. The van der Waals surface area contributed by atoms with Crippen LogP contribution in [0.25, 0.3) is 10.2 Å². The van der Waals surface area contributed by atoms with E-state index in [-0.39, 0.29) is 0 Å². The third-order valence-corrected chi connectivity index (χ3v) is 5.60. The lowest BCUT2D eigenvalue weighted by Gasteiger charge is -2.24. The van der Waals surface area contributed by atoms with E-state index >= 15 is 0 Å². The Hall–Kier alpha value is -1.36. The topological polar surface area (TPSA) is 55.0 Å². The molecule has 21 heavy (non-hydrogen) atoms. The monoisotopic (exact) mass is 304 g/mol. The van der Waals surface area contributed by atoms with Crippen LogP contribution in [0.3, 0.4) is 0 Å². The number of anilines is 2. The molecule has 5 heteroatoms. The molecule has 114 valence electrons. The predicted octanol–water partition coefficient (Wildman–Crippen LogP) is 3.85. The van der Waals surface area contributed by atoms with Gasteiger partial charge in [-0.3, -0.25) is 0 Å². The second kappa shape index (κ2) is 5.44. The Bertz CT molecular complexity index is 647. The van der Waals surface area contributed by atoms with Crippen LogP contribution in [-0.2, 0) is 6.42 Å². The van der Waals surface area contributed by atoms with Crippen molar-refractivity contribution in [2.75, 3.05) is 23.7 Å². The molecule has 2 aromatic rings. The number of fused-ring (bicyclic) bond motifs is 1. The van der Waals surface area contributed by atoms with Crippen molar-refractivity contribution < 1.29 is 0 Å². The lowest BCUT2D eigenvalue weighted by Crippen LogP contribution is -2.26. The van der Waals surface area contributed by atoms with Gasteiger partial charge in [-0.1, -0.05) is 20.8 Å². The normalized spacial score (nSPS) is 18.9. The Morgan fingerprint density at radius 1 is 1.29 bits per heavy atom. The molecule has 0 aliphatic carbocycles. The number of aromatic nitrogens is 2. The van der Waals surface area contributed by atoms with Crippen molar-refractivity contribution in [1.29, 1.82) is 0 Å². The van der Waals surface area contributed by atoms with E-state index in [0.717, 1.165) is 30.2 Å². The third kappa shape index (κ3) is 2.98. The van der Waals surface area contributed by atoms with Crippen LogP contribution < -0.4 is 10.6 Å². The molecule has 0 spiro atoms. The van der Waals surface area contributed by atoms with Crippen molar-refractivity contribution in [3.63, 3.8) is 0 Å². The molecule has 0 bridgehead atoms. The molecule has 1 aliphatic rings. The van der Waals surface area contributed by atoms with Gasteiger partial charge in [-0.2, -0.15) is 4.98 Å². The molecule has 0 atom stereocenters. The maximum atomic E-state index is 5.93. The number of rotatable bonds is 2. The third-order valence-electron chi connectivity index (χ3n) is 4.43. The highest BCUT2D eigenvalue weighted by Gasteiger charge is 2.25. The van der Waals surface area contributed by atoms with E-state index < -0.39 is 0 Å². The Morgan fingerprint density at radius 2 is 2.10 bits per heavy atom. The van der Waals surface area contributed by atoms with E-state index in [9.17, 15) is 0 Å². The molecule has 0 aromatic carbocycles. The van der Waals surface area contributed by atoms with Gasteiger partial charge < -0.3 is 10.6 Å². The number of thiophene rings is 1. The van der Waals surface area contributed by atoms with E-state index in [1.807, 2.05) is 0 Å². The summed E-state index contributed by atoms with van der Waals surface area (Å²) < 4.78 is 0. The van der Waals surface area contributed by atoms with Gasteiger partial charge in [0.05, 0.1) is 5.39 Å². The average Bonchev–Trinajstić information content (AvgIpc) is 2.75. The van der Waals surface area contributed by atoms with Crippen LogP contribution in [0.5, 0.6) is 0 Å². The first-order valence-electron chi connectivity index (χ1n) is 7.79. The molecule has 0 radical (unpaired) electrons. The van der Waals surface area contributed by atoms with Crippen molar-refractivity contribution in [3.05, 3.63) is 10.9 Å². The Labute approximate surface area is 130 Å². The molecule has 1 aliphatic heterocycles. The summed E-state index contributed by atoms with van der Waals surface area (Å²) in [5.41, 5.74) is 6.36. The Kier molecular flexibility index (Phi) is 3.78. The lowest BCUT2D eigenvalue weighted by molar-refractivity contribution is 0.325. The van der Waals surface area contributed by atoms with Crippen LogP contribution >= 0.6 is 11.3 Å². The molecule has 2 N–H and O–H groups in total. The van der Waals surface area contributed by atoms with E-state index in [2.05, 4.69) is 41.7 Å². The van der Waals surface area contributed by atoms with E-state index in [4.69, 9.17) is 5.73 Å². The maximum Gasteiger partial charge on any atom is 0.223 e. The van der Waals surface area contributed by atoms with E-state index in [1.54, 1.807) is 11.3 Å². The highest BCUT2D eigenvalue weighted by molar-refractivity contribution is 7.18. The van der Waals surface area contributed by atoms with Crippen LogP contribution in [-0.4, -0.2) is 23.1 Å². The summed E-state index contributed by atoms with van der Waals surface area (Å²) in [7, 11) is 0. The minimum Gasteiger partial charge on any atom is -0.368 e. The molecule has 0 unspecified atom stereocenters. The van der Waals surface area contributed by atoms with Crippen molar-refractivity contribution >= 4 is 33.3 Å². The molecule has 3 heterocycles. The fraction of sp³-hybridized carbons (Fsp3) is 0.625. The largest absolute Gasteiger partial charge is 0.368 e. The minimum absolute atomic E-state index is 0.394. The SMILES string of the molecule is CCc1cc2c(N3CCCC(C)(C)CC3)nc(N)nc2s1. The van der Waals surface area contributed by atoms with Gasteiger partial charge >= 0.3 is 0 Å². The van der Waals surface area contributed by atoms with Gasteiger partial charge in [-0.05, 0) is 37.2 Å². The van der Waals surface area contributed by atoms with Crippen LogP contribution in [0.4, 0.5) is 11.8 Å². The number of nitrogens with zero attached hydrogens (tertiary/aromatic N) is 3. The quantitative estimate of drug-likeness (QED) is 0.915. The highest BCUT2D eigenvalue weighted by atomic mass is 32.1. The first kappa shape index (κ1) is 14.6. The Balaban J connectivity index is 2.00. The van der Waals surface area contributed by atoms with Gasteiger partial charge in [0.25, 0.3) is 0 Å². The second-order valence-electron chi connectivity index (χ2n) is 6.70. The van der Waals surface area contributed by atoms with Gasteiger partial charge in [-0.25, -0.2) is 4.98 Å². The summed E-state index contributed by atoms with van der Waals surface area (Å²) >= 11 is 1.74. The standard InChI is InChI=1S/C16H24N4S/c1-4-11-10-12-13(18-15(17)19-14(12)21-11)20-8-5-6-16(2,3)7-9-20/h10H,4-9H2,1-3H3,(H2,17,18,19). The lowest BCUT2D eigenvalue weighted by atomic mass is 9.85. The molecule has 4 nitrogen and oxygen atoms in total. The summed E-state index contributed by atoms with van der Waals surface area (Å²) in [6.45, 7) is 9.01. The molecule has 1 saturated heterocycles. The zero-order valence-corrected chi connectivity index (χ0v) is 14.0. The average molecular weight is 304 g/mol. The first-order valence-corrected chi connectivity index (χ1v) is 8.61.